The maximum Gasteiger partial charge on any atom is 0.181 e. The highest BCUT2D eigenvalue weighted by molar-refractivity contribution is 6.32. The number of rotatable bonds is 1. The summed E-state index contributed by atoms with van der Waals surface area (Å²) in [6.07, 6.45) is 4.53. The van der Waals surface area contributed by atoms with Crippen molar-refractivity contribution in [2.75, 3.05) is 0 Å². The fraction of sp³-hybridized carbons (Fsp3) is 0.143. The second-order valence-electron chi connectivity index (χ2n) is 2.33. The molecule has 0 aliphatic heterocycles. The summed E-state index contributed by atoms with van der Waals surface area (Å²) >= 11 is 5.87. The molecule has 0 aromatic carbocycles. The van der Waals surface area contributed by atoms with E-state index in [2.05, 4.69) is 10.1 Å². The lowest BCUT2D eigenvalue weighted by molar-refractivity contribution is 0.564. The van der Waals surface area contributed by atoms with Gasteiger partial charge in [-0.05, 0) is 0 Å². The second-order valence-corrected chi connectivity index (χ2v) is 2.74. The zero-order valence-corrected chi connectivity index (χ0v) is 7.12. The third kappa shape index (κ3) is 1.00. The molecule has 2 rings (SSSR count). The fourth-order valence-electron chi connectivity index (χ4n) is 1.02. The van der Waals surface area contributed by atoms with Crippen molar-refractivity contribution in [3.8, 4) is 11.5 Å². The van der Waals surface area contributed by atoms with E-state index < -0.39 is 0 Å². The zero-order valence-electron chi connectivity index (χ0n) is 6.36. The lowest BCUT2D eigenvalue weighted by Crippen LogP contribution is -1.92. The van der Waals surface area contributed by atoms with E-state index in [-0.39, 0.29) is 0 Å². The summed E-state index contributed by atoms with van der Waals surface area (Å²) in [4.78, 5) is 3.79. The third-order valence-corrected chi connectivity index (χ3v) is 1.84. The minimum Gasteiger partial charge on any atom is -0.442 e. The standard InChI is InChI=1S/C7H6ClN3O/c1-11-7(5(8)2-10-11)6-3-9-4-12-6/h2-4H,1H3. The van der Waals surface area contributed by atoms with Crippen molar-refractivity contribution < 1.29 is 4.42 Å². The summed E-state index contributed by atoms with van der Waals surface area (Å²) in [5, 5.41) is 4.53. The molecule has 0 atom stereocenters. The van der Waals surface area contributed by atoms with Crippen LogP contribution in [0.3, 0.4) is 0 Å². The summed E-state index contributed by atoms with van der Waals surface area (Å²) in [5.41, 5.74) is 0.745. The first-order chi connectivity index (χ1) is 5.79. The molecule has 2 aromatic heterocycles. The fourth-order valence-corrected chi connectivity index (χ4v) is 1.28. The molecule has 62 valence electrons. The Kier molecular flexibility index (Phi) is 1.62. The van der Waals surface area contributed by atoms with E-state index in [1.165, 1.54) is 6.39 Å². The molecule has 0 saturated carbocycles. The molecule has 2 aromatic rings. The second kappa shape index (κ2) is 2.64. The maximum atomic E-state index is 5.87. The Hall–Kier alpha value is -1.29. The molecule has 0 amide bonds. The topological polar surface area (TPSA) is 43.9 Å². The van der Waals surface area contributed by atoms with E-state index in [4.69, 9.17) is 16.0 Å². The quantitative estimate of drug-likeness (QED) is 0.676. The molecule has 0 N–H and O–H groups in total. The van der Waals surface area contributed by atoms with Crippen molar-refractivity contribution >= 4 is 11.6 Å². The van der Waals surface area contributed by atoms with Gasteiger partial charge in [-0.25, -0.2) is 4.98 Å². The molecule has 5 heteroatoms. The van der Waals surface area contributed by atoms with E-state index >= 15 is 0 Å². The zero-order chi connectivity index (χ0) is 8.55. The summed E-state index contributed by atoms with van der Waals surface area (Å²) in [7, 11) is 1.80. The van der Waals surface area contributed by atoms with Gasteiger partial charge in [0, 0.05) is 7.05 Å². The Bertz CT molecular complexity index is 360. The number of oxazole rings is 1. The molecule has 12 heavy (non-hydrogen) atoms. The number of aromatic nitrogens is 3. The minimum absolute atomic E-state index is 0.564. The lowest BCUT2D eigenvalue weighted by Gasteiger charge is -1.95. The van der Waals surface area contributed by atoms with Gasteiger partial charge in [0.25, 0.3) is 0 Å². The molecular weight excluding hydrogens is 178 g/mol. The normalized spacial score (nSPS) is 10.5. The van der Waals surface area contributed by atoms with Crippen molar-refractivity contribution in [1.29, 1.82) is 0 Å². The molecule has 0 bridgehead atoms. The van der Waals surface area contributed by atoms with Crippen LogP contribution in [0.4, 0.5) is 0 Å². The maximum absolute atomic E-state index is 5.87. The van der Waals surface area contributed by atoms with Gasteiger partial charge in [-0.3, -0.25) is 4.68 Å². The van der Waals surface area contributed by atoms with Gasteiger partial charge in [0.15, 0.2) is 12.2 Å². The minimum atomic E-state index is 0.564. The van der Waals surface area contributed by atoms with Crippen LogP contribution >= 0.6 is 11.6 Å². The van der Waals surface area contributed by atoms with Gasteiger partial charge < -0.3 is 4.42 Å². The van der Waals surface area contributed by atoms with Crippen LogP contribution in [-0.4, -0.2) is 14.8 Å². The highest BCUT2D eigenvalue weighted by Crippen LogP contribution is 2.25. The molecule has 2 heterocycles. The summed E-state index contributed by atoms with van der Waals surface area (Å²) in [5.74, 6) is 0.625. The van der Waals surface area contributed by atoms with E-state index in [9.17, 15) is 0 Å². The molecule has 0 radical (unpaired) electrons. The number of hydrogen-bond donors (Lipinski definition) is 0. The summed E-state index contributed by atoms with van der Waals surface area (Å²) in [6, 6.07) is 0. The number of hydrogen-bond acceptors (Lipinski definition) is 3. The summed E-state index contributed by atoms with van der Waals surface area (Å²) in [6.45, 7) is 0. The number of nitrogens with zero attached hydrogens (tertiary/aromatic N) is 3. The molecule has 0 unspecified atom stereocenters. The Labute approximate surface area is 73.8 Å². The van der Waals surface area contributed by atoms with E-state index in [0.717, 1.165) is 5.69 Å². The average molecular weight is 184 g/mol. The van der Waals surface area contributed by atoms with Crippen LogP contribution in [-0.2, 0) is 7.05 Å². The third-order valence-electron chi connectivity index (χ3n) is 1.56. The molecule has 0 fully saturated rings. The van der Waals surface area contributed by atoms with E-state index in [1.807, 2.05) is 0 Å². The van der Waals surface area contributed by atoms with Crippen LogP contribution in [0.5, 0.6) is 0 Å². The molecule has 0 aliphatic rings. The average Bonchev–Trinajstić information content (AvgIpc) is 2.61. The molecule has 0 spiro atoms. The van der Waals surface area contributed by atoms with E-state index in [0.29, 0.717) is 10.8 Å². The SMILES string of the molecule is Cn1ncc(Cl)c1-c1cnco1. The first-order valence-corrected chi connectivity index (χ1v) is 3.73. The van der Waals surface area contributed by atoms with Gasteiger partial charge in [-0.1, -0.05) is 11.6 Å². The van der Waals surface area contributed by atoms with Gasteiger partial charge in [0.05, 0.1) is 17.4 Å². The van der Waals surface area contributed by atoms with Gasteiger partial charge in [0.2, 0.25) is 0 Å². The van der Waals surface area contributed by atoms with Crippen molar-refractivity contribution in [2.45, 2.75) is 0 Å². The van der Waals surface area contributed by atoms with Crippen LogP contribution in [0.1, 0.15) is 0 Å². The predicted molar refractivity (Wildman–Crippen MR) is 43.7 cm³/mol. The Balaban J connectivity index is 2.60. The van der Waals surface area contributed by atoms with Crippen LogP contribution in [0.15, 0.2) is 23.2 Å². The number of aryl methyl sites for hydroxylation is 1. The Morgan fingerprint density at radius 1 is 1.50 bits per heavy atom. The molecular formula is C7H6ClN3O. The van der Waals surface area contributed by atoms with Crippen molar-refractivity contribution in [3.63, 3.8) is 0 Å². The first-order valence-electron chi connectivity index (χ1n) is 3.35. The van der Waals surface area contributed by atoms with Gasteiger partial charge in [-0.2, -0.15) is 5.10 Å². The van der Waals surface area contributed by atoms with Crippen molar-refractivity contribution in [2.24, 2.45) is 7.05 Å². The summed E-state index contributed by atoms with van der Waals surface area (Å²) < 4.78 is 6.72. The van der Waals surface area contributed by atoms with Crippen LogP contribution in [0, 0.1) is 0 Å². The molecule has 0 aliphatic carbocycles. The largest absolute Gasteiger partial charge is 0.442 e. The highest BCUT2D eigenvalue weighted by atomic mass is 35.5. The number of halogens is 1. The predicted octanol–water partition coefficient (Wildman–Crippen LogP) is 1.73. The first kappa shape index (κ1) is 7.36. The van der Waals surface area contributed by atoms with Crippen LogP contribution < -0.4 is 0 Å². The van der Waals surface area contributed by atoms with Gasteiger partial charge in [0.1, 0.15) is 5.69 Å². The van der Waals surface area contributed by atoms with Crippen LogP contribution in [0.2, 0.25) is 5.02 Å². The molecule has 4 nitrogen and oxygen atoms in total. The lowest BCUT2D eigenvalue weighted by atomic mass is 10.3. The Morgan fingerprint density at radius 3 is 2.83 bits per heavy atom. The van der Waals surface area contributed by atoms with Crippen LogP contribution in [0.25, 0.3) is 11.5 Å². The Morgan fingerprint density at radius 2 is 2.33 bits per heavy atom. The monoisotopic (exact) mass is 183 g/mol. The van der Waals surface area contributed by atoms with E-state index in [1.54, 1.807) is 24.1 Å². The van der Waals surface area contributed by atoms with Crippen molar-refractivity contribution in [1.82, 2.24) is 14.8 Å². The van der Waals surface area contributed by atoms with Gasteiger partial charge >= 0.3 is 0 Å². The van der Waals surface area contributed by atoms with Crippen molar-refractivity contribution in [3.05, 3.63) is 23.8 Å². The highest BCUT2D eigenvalue weighted by Gasteiger charge is 2.11. The van der Waals surface area contributed by atoms with Gasteiger partial charge in [-0.15, -0.1) is 0 Å². The smallest absolute Gasteiger partial charge is 0.181 e. The molecule has 0 saturated heterocycles.